The molecule has 26 heavy (non-hydrogen) atoms. The molecular weight excluding hydrogens is 326 g/mol. The minimum atomic E-state index is -0.174. The van der Waals surface area contributed by atoms with Gasteiger partial charge < -0.3 is 10.2 Å². The predicted octanol–water partition coefficient (Wildman–Crippen LogP) is 2.73. The van der Waals surface area contributed by atoms with Gasteiger partial charge in [0.05, 0.1) is 11.7 Å². The summed E-state index contributed by atoms with van der Waals surface area (Å²) in [6, 6.07) is 10.4. The monoisotopic (exact) mass is 347 g/mol. The molecule has 1 fully saturated rings. The highest BCUT2D eigenvalue weighted by molar-refractivity contribution is 5.92. The minimum absolute atomic E-state index is 0.0758. The normalized spacial score (nSPS) is 17.3. The molecule has 6 heteroatoms. The van der Waals surface area contributed by atoms with E-state index in [0.29, 0.717) is 5.69 Å². The molecule has 0 bridgehead atoms. The Morgan fingerprint density at radius 2 is 2.15 bits per heavy atom. The first-order valence-electron chi connectivity index (χ1n) is 8.89. The predicted molar refractivity (Wildman–Crippen MR) is 101 cm³/mol. The van der Waals surface area contributed by atoms with E-state index in [2.05, 4.69) is 39.2 Å². The SMILES string of the molecule is Cc1cc(N2CCCC(NC(=O)c3cnccn3)C2)nc2ccccc12. The molecule has 0 radical (unpaired) electrons. The first-order valence-corrected chi connectivity index (χ1v) is 8.89. The van der Waals surface area contributed by atoms with Gasteiger partial charge in [0.1, 0.15) is 11.5 Å². The Morgan fingerprint density at radius 1 is 1.27 bits per heavy atom. The largest absolute Gasteiger partial charge is 0.355 e. The van der Waals surface area contributed by atoms with Gasteiger partial charge in [0.2, 0.25) is 0 Å². The third kappa shape index (κ3) is 3.35. The maximum Gasteiger partial charge on any atom is 0.271 e. The summed E-state index contributed by atoms with van der Waals surface area (Å²) in [5, 5.41) is 4.26. The summed E-state index contributed by atoms with van der Waals surface area (Å²) < 4.78 is 0. The Bertz CT molecular complexity index is 928. The van der Waals surface area contributed by atoms with Crippen molar-refractivity contribution in [1.29, 1.82) is 0 Å². The van der Waals surface area contributed by atoms with Gasteiger partial charge in [-0.3, -0.25) is 9.78 Å². The lowest BCUT2D eigenvalue weighted by Crippen LogP contribution is -2.48. The molecule has 1 N–H and O–H groups in total. The van der Waals surface area contributed by atoms with E-state index in [1.54, 1.807) is 6.20 Å². The molecular formula is C20H21N5O. The van der Waals surface area contributed by atoms with E-state index in [-0.39, 0.29) is 11.9 Å². The fourth-order valence-corrected chi connectivity index (χ4v) is 3.47. The molecule has 3 aromatic rings. The Balaban J connectivity index is 1.51. The lowest BCUT2D eigenvalue weighted by atomic mass is 10.0. The van der Waals surface area contributed by atoms with Gasteiger partial charge in [0.15, 0.2) is 0 Å². The van der Waals surface area contributed by atoms with Crippen molar-refractivity contribution in [3.8, 4) is 0 Å². The number of hydrogen-bond acceptors (Lipinski definition) is 5. The topological polar surface area (TPSA) is 71.0 Å². The maximum atomic E-state index is 12.3. The maximum absolute atomic E-state index is 12.3. The van der Waals surface area contributed by atoms with Crippen LogP contribution in [0.2, 0.25) is 0 Å². The highest BCUT2D eigenvalue weighted by Crippen LogP contribution is 2.24. The number of pyridine rings is 1. The molecule has 132 valence electrons. The molecule has 4 rings (SSSR count). The van der Waals surface area contributed by atoms with Crippen LogP contribution in [0.15, 0.2) is 48.9 Å². The molecule has 6 nitrogen and oxygen atoms in total. The van der Waals surface area contributed by atoms with Crippen LogP contribution in [0, 0.1) is 6.92 Å². The summed E-state index contributed by atoms with van der Waals surface area (Å²) in [5.74, 6) is 0.798. The van der Waals surface area contributed by atoms with Crippen molar-refractivity contribution >= 4 is 22.6 Å². The molecule has 1 aliphatic heterocycles. The van der Waals surface area contributed by atoms with E-state index in [9.17, 15) is 4.79 Å². The molecule has 1 saturated heterocycles. The van der Waals surface area contributed by atoms with Crippen LogP contribution in [0.1, 0.15) is 28.9 Å². The number of piperidine rings is 1. The van der Waals surface area contributed by atoms with Crippen molar-refractivity contribution in [3.05, 3.63) is 60.2 Å². The Hall–Kier alpha value is -3.02. The summed E-state index contributed by atoms with van der Waals surface area (Å²) in [6.45, 7) is 3.81. The van der Waals surface area contributed by atoms with Crippen molar-refractivity contribution in [3.63, 3.8) is 0 Å². The van der Waals surface area contributed by atoms with Crippen LogP contribution in [0.3, 0.4) is 0 Å². The number of hydrogen-bond donors (Lipinski definition) is 1. The number of anilines is 1. The average molecular weight is 347 g/mol. The third-order valence-corrected chi connectivity index (χ3v) is 4.79. The molecule has 3 heterocycles. The van der Waals surface area contributed by atoms with Gasteiger partial charge in [-0.2, -0.15) is 0 Å². The summed E-state index contributed by atoms with van der Waals surface area (Å²) in [7, 11) is 0. The van der Waals surface area contributed by atoms with Crippen molar-refractivity contribution in [2.45, 2.75) is 25.8 Å². The van der Waals surface area contributed by atoms with Crippen LogP contribution < -0.4 is 10.2 Å². The second-order valence-corrected chi connectivity index (χ2v) is 6.66. The number of aryl methyl sites for hydroxylation is 1. The lowest BCUT2D eigenvalue weighted by molar-refractivity contribution is 0.0927. The summed E-state index contributed by atoms with van der Waals surface area (Å²) in [5.41, 5.74) is 2.58. The number of benzene rings is 1. The Kier molecular flexibility index (Phi) is 4.48. The van der Waals surface area contributed by atoms with E-state index in [1.807, 2.05) is 18.2 Å². The number of aromatic nitrogens is 3. The number of rotatable bonds is 3. The van der Waals surface area contributed by atoms with Crippen molar-refractivity contribution < 1.29 is 4.79 Å². The molecule has 0 saturated carbocycles. The van der Waals surface area contributed by atoms with Gasteiger partial charge in [-0.05, 0) is 37.5 Å². The molecule has 1 aromatic carbocycles. The van der Waals surface area contributed by atoms with E-state index in [0.717, 1.165) is 37.3 Å². The number of carbonyl (C=O) groups excluding carboxylic acids is 1. The first kappa shape index (κ1) is 16.4. The fraction of sp³-hybridized carbons (Fsp3) is 0.300. The molecule has 1 aliphatic rings. The van der Waals surface area contributed by atoms with Crippen LogP contribution in [0.4, 0.5) is 5.82 Å². The van der Waals surface area contributed by atoms with Crippen molar-refractivity contribution in [1.82, 2.24) is 20.3 Å². The van der Waals surface area contributed by atoms with E-state index in [1.165, 1.54) is 23.3 Å². The van der Waals surface area contributed by atoms with Crippen molar-refractivity contribution in [2.24, 2.45) is 0 Å². The smallest absolute Gasteiger partial charge is 0.271 e. The number of carbonyl (C=O) groups is 1. The van der Waals surface area contributed by atoms with Gasteiger partial charge in [-0.1, -0.05) is 18.2 Å². The van der Waals surface area contributed by atoms with Gasteiger partial charge in [0, 0.05) is 36.9 Å². The zero-order valence-corrected chi connectivity index (χ0v) is 14.7. The molecule has 1 atom stereocenters. The highest BCUT2D eigenvalue weighted by Gasteiger charge is 2.23. The lowest BCUT2D eigenvalue weighted by Gasteiger charge is -2.34. The number of para-hydroxylation sites is 1. The van der Waals surface area contributed by atoms with E-state index >= 15 is 0 Å². The summed E-state index contributed by atoms with van der Waals surface area (Å²) >= 11 is 0. The fourth-order valence-electron chi connectivity index (χ4n) is 3.47. The molecule has 1 unspecified atom stereocenters. The first-order chi connectivity index (χ1) is 12.7. The molecule has 1 amide bonds. The van der Waals surface area contributed by atoms with Gasteiger partial charge in [-0.25, -0.2) is 9.97 Å². The number of nitrogens with one attached hydrogen (secondary N) is 1. The van der Waals surface area contributed by atoms with E-state index < -0.39 is 0 Å². The number of amides is 1. The molecule has 2 aromatic heterocycles. The molecule has 0 spiro atoms. The second-order valence-electron chi connectivity index (χ2n) is 6.66. The van der Waals surface area contributed by atoms with Crippen LogP contribution >= 0.6 is 0 Å². The Labute approximate surface area is 152 Å². The second kappa shape index (κ2) is 7.07. The average Bonchev–Trinajstić information content (AvgIpc) is 2.69. The zero-order valence-electron chi connectivity index (χ0n) is 14.7. The number of fused-ring (bicyclic) bond motifs is 1. The van der Waals surface area contributed by atoms with Crippen LogP contribution in [0.25, 0.3) is 10.9 Å². The van der Waals surface area contributed by atoms with Gasteiger partial charge in [-0.15, -0.1) is 0 Å². The van der Waals surface area contributed by atoms with Crippen LogP contribution in [-0.4, -0.2) is 40.0 Å². The standard InChI is InChI=1S/C20H21N5O/c1-14-11-19(24-17-7-3-2-6-16(14)17)25-10-4-5-15(13-25)23-20(26)18-12-21-8-9-22-18/h2-3,6-9,11-12,15H,4-5,10,13H2,1H3,(H,23,26). The number of nitrogens with zero attached hydrogens (tertiary/aromatic N) is 4. The van der Waals surface area contributed by atoms with Crippen molar-refractivity contribution in [2.75, 3.05) is 18.0 Å². The van der Waals surface area contributed by atoms with Gasteiger partial charge >= 0.3 is 0 Å². The summed E-state index contributed by atoms with van der Waals surface area (Å²) in [4.78, 5) is 27.4. The van der Waals surface area contributed by atoms with Crippen LogP contribution in [-0.2, 0) is 0 Å². The highest BCUT2D eigenvalue weighted by atomic mass is 16.2. The minimum Gasteiger partial charge on any atom is -0.355 e. The third-order valence-electron chi connectivity index (χ3n) is 4.79. The van der Waals surface area contributed by atoms with E-state index in [4.69, 9.17) is 4.98 Å². The zero-order chi connectivity index (χ0) is 17.9. The Morgan fingerprint density at radius 3 is 3.00 bits per heavy atom. The van der Waals surface area contributed by atoms with Crippen LogP contribution in [0.5, 0.6) is 0 Å². The quantitative estimate of drug-likeness (QED) is 0.789. The van der Waals surface area contributed by atoms with Gasteiger partial charge in [0.25, 0.3) is 5.91 Å². The summed E-state index contributed by atoms with van der Waals surface area (Å²) in [6.07, 6.45) is 6.55. The molecule has 0 aliphatic carbocycles.